The molecule has 4 rings (SSSR count). The number of hydrogen-bond acceptors (Lipinski definition) is 6. The first-order chi connectivity index (χ1) is 17.7. The zero-order valence-electron chi connectivity index (χ0n) is 19.8. The molecule has 1 saturated heterocycles. The molecule has 37 heavy (non-hydrogen) atoms. The van der Waals surface area contributed by atoms with Crippen LogP contribution in [0.4, 0.5) is 5.69 Å². The molecule has 0 unspecified atom stereocenters. The molecule has 0 aliphatic carbocycles. The van der Waals surface area contributed by atoms with Crippen molar-refractivity contribution in [3.63, 3.8) is 0 Å². The van der Waals surface area contributed by atoms with Crippen LogP contribution in [0.25, 0.3) is 0 Å². The molecular formula is C25H26ClN3O6S2. The van der Waals surface area contributed by atoms with Crippen LogP contribution in [0.1, 0.15) is 23.2 Å². The minimum atomic E-state index is -3.78. The summed E-state index contributed by atoms with van der Waals surface area (Å²) in [5.74, 6) is 0.0285. The van der Waals surface area contributed by atoms with Crippen LogP contribution in [0, 0.1) is 0 Å². The zero-order chi connectivity index (χ0) is 26.5. The van der Waals surface area contributed by atoms with Gasteiger partial charge in [0, 0.05) is 13.1 Å². The highest BCUT2D eigenvalue weighted by molar-refractivity contribution is 7.92. The van der Waals surface area contributed by atoms with Crippen molar-refractivity contribution in [3.05, 3.63) is 83.4 Å². The highest BCUT2D eigenvalue weighted by atomic mass is 35.5. The molecule has 1 amide bonds. The number of carbonyl (C=O) groups is 1. The van der Waals surface area contributed by atoms with Crippen LogP contribution < -0.4 is 14.8 Å². The number of amides is 1. The van der Waals surface area contributed by atoms with E-state index in [1.165, 1.54) is 46.8 Å². The number of benzene rings is 3. The van der Waals surface area contributed by atoms with Gasteiger partial charge in [0.25, 0.3) is 15.9 Å². The molecule has 196 valence electrons. The Kier molecular flexibility index (Phi) is 8.38. The second kappa shape index (κ2) is 11.5. The third-order valence-electron chi connectivity index (χ3n) is 5.70. The van der Waals surface area contributed by atoms with Crippen LogP contribution in [0.2, 0.25) is 5.02 Å². The van der Waals surface area contributed by atoms with Crippen LogP contribution >= 0.6 is 11.6 Å². The first kappa shape index (κ1) is 26.9. The molecule has 9 nitrogen and oxygen atoms in total. The van der Waals surface area contributed by atoms with Crippen molar-refractivity contribution in [3.8, 4) is 5.75 Å². The first-order valence-corrected chi connectivity index (χ1v) is 14.9. The Balaban J connectivity index is 1.28. The Labute approximate surface area is 221 Å². The van der Waals surface area contributed by atoms with E-state index in [1.807, 2.05) is 0 Å². The SMILES string of the molecule is O=C(NCCOc1ccc(S(=O)(=O)N2CCCC2)cc1)c1ccc(NS(=O)(=O)c2ccccc2)cc1Cl. The second-order valence-electron chi connectivity index (χ2n) is 8.30. The predicted octanol–water partition coefficient (Wildman–Crippen LogP) is 3.73. The number of sulfonamides is 2. The minimum absolute atomic E-state index is 0.0847. The maximum Gasteiger partial charge on any atom is 0.261 e. The molecular weight excluding hydrogens is 538 g/mol. The number of nitrogens with one attached hydrogen (secondary N) is 2. The minimum Gasteiger partial charge on any atom is -0.492 e. The van der Waals surface area contributed by atoms with Crippen LogP contribution in [-0.4, -0.2) is 53.3 Å². The standard InChI is InChI=1S/C25H26ClN3O6S2/c26-24-18-19(28-36(31,32)21-6-2-1-3-7-21)8-13-23(24)25(30)27-14-17-35-20-9-11-22(12-10-20)37(33,34)29-15-4-5-16-29/h1-3,6-13,18,28H,4-5,14-17H2,(H,27,30). The number of halogens is 1. The van der Waals surface area contributed by atoms with E-state index < -0.39 is 26.0 Å². The molecule has 1 aliphatic heterocycles. The molecule has 0 aromatic heterocycles. The maximum atomic E-state index is 12.6. The summed E-state index contributed by atoms with van der Waals surface area (Å²) in [5, 5.41) is 2.77. The molecule has 3 aromatic rings. The van der Waals surface area contributed by atoms with E-state index in [2.05, 4.69) is 10.0 Å². The van der Waals surface area contributed by atoms with Crippen LogP contribution in [0.5, 0.6) is 5.75 Å². The number of nitrogens with zero attached hydrogens (tertiary/aromatic N) is 1. The van der Waals surface area contributed by atoms with Crippen molar-refractivity contribution in [2.75, 3.05) is 31.0 Å². The molecule has 3 aromatic carbocycles. The average molecular weight is 564 g/mol. The fourth-order valence-electron chi connectivity index (χ4n) is 3.79. The highest BCUT2D eigenvalue weighted by Crippen LogP contribution is 2.24. The average Bonchev–Trinajstić information content (AvgIpc) is 3.43. The Hall–Kier alpha value is -3.12. The van der Waals surface area contributed by atoms with Gasteiger partial charge < -0.3 is 10.1 Å². The lowest BCUT2D eigenvalue weighted by molar-refractivity contribution is 0.0947. The van der Waals surface area contributed by atoms with Crippen LogP contribution in [-0.2, 0) is 20.0 Å². The van der Waals surface area contributed by atoms with Crippen molar-refractivity contribution in [1.29, 1.82) is 0 Å². The number of rotatable bonds is 10. The second-order valence-corrected chi connectivity index (χ2v) is 12.3. The number of hydrogen-bond donors (Lipinski definition) is 2. The topological polar surface area (TPSA) is 122 Å². The van der Waals surface area contributed by atoms with Gasteiger partial charge >= 0.3 is 0 Å². The van der Waals surface area contributed by atoms with Gasteiger partial charge in [-0.1, -0.05) is 29.8 Å². The third kappa shape index (κ3) is 6.61. The van der Waals surface area contributed by atoms with Crippen LogP contribution in [0.15, 0.2) is 82.6 Å². The van der Waals surface area contributed by atoms with Crippen molar-refractivity contribution in [2.45, 2.75) is 22.6 Å². The first-order valence-electron chi connectivity index (χ1n) is 11.6. The smallest absolute Gasteiger partial charge is 0.261 e. The van der Waals surface area contributed by atoms with E-state index in [0.29, 0.717) is 18.8 Å². The van der Waals surface area contributed by atoms with Crippen molar-refractivity contribution in [1.82, 2.24) is 9.62 Å². The molecule has 0 saturated carbocycles. The Morgan fingerprint density at radius 1 is 0.892 bits per heavy atom. The molecule has 1 fully saturated rings. The Morgan fingerprint density at radius 3 is 2.22 bits per heavy atom. The molecule has 0 bridgehead atoms. The molecule has 0 spiro atoms. The largest absolute Gasteiger partial charge is 0.492 e. The van der Waals surface area contributed by atoms with E-state index in [-0.39, 0.29) is 39.2 Å². The van der Waals surface area contributed by atoms with Gasteiger partial charge in [0.2, 0.25) is 10.0 Å². The molecule has 2 N–H and O–H groups in total. The predicted molar refractivity (Wildman–Crippen MR) is 141 cm³/mol. The maximum absolute atomic E-state index is 12.6. The normalized spacial score (nSPS) is 14.3. The van der Waals surface area contributed by atoms with E-state index in [0.717, 1.165) is 12.8 Å². The van der Waals surface area contributed by atoms with Crippen molar-refractivity contribution >= 4 is 43.2 Å². The van der Waals surface area contributed by atoms with E-state index >= 15 is 0 Å². The fraction of sp³-hybridized carbons (Fsp3) is 0.240. The fourth-order valence-corrected chi connectivity index (χ4v) is 6.64. The summed E-state index contributed by atoms with van der Waals surface area (Å²) in [6.45, 7) is 1.40. The summed E-state index contributed by atoms with van der Waals surface area (Å²) in [6, 6.07) is 18.3. The lowest BCUT2D eigenvalue weighted by atomic mass is 10.2. The molecule has 12 heteroatoms. The van der Waals surface area contributed by atoms with Crippen molar-refractivity contribution in [2.24, 2.45) is 0 Å². The molecule has 0 radical (unpaired) electrons. The van der Waals surface area contributed by atoms with Gasteiger partial charge in [-0.05, 0) is 67.4 Å². The van der Waals surface area contributed by atoms with Gasteiger partial charge in [0.15, 0.2) is 0 Å². The Bertz CT molecular complexity index is 1460. The van der Waals surface area contributed by atoms with Crippen molar-refractivity contribution < 1.29 is 26.4 Å². The summed E-state index contributed by atoms with van der Waals surface area (Å²) in [6.07, 6.45) is 1.74. The molecule has 0 atom stereocenters. The zero-order valence-corrected chi connectivity index (χ0v) is 22.2. The van der Waals surface area contributed by atoms with Gasteiger partial charge in [0.05, 0.1) is 32.6 Å². The lowest BCUT2D eigenvalue weighted by Gasteiger charge is -2.15. The Morgan fingerprint density at radius 2 is 1.57 bits per heavy atom. The summed E-state index contributed by atoms with van der Waals surface area (Å²) in [7, 11) is -7.27. The van der Waals surface area contributed by atoms with E-state index in [1.54, 1.807) is 30.3 Å². The molecule has 1 aliphatic rings. The van der Waals surface area contributed by atoms with Gasteiger partial charge in [-0.25, -0.2) is 16.8 Å². The van der Waals surface area contributed by atoms with Gasteiger partial charge in [-0.2, -0.15) is 4.31 Å². The number of carbonyl (C=O) groups excluding carboxylic acids is 1. The summed E-state index contributed by atoms with van der Waals surface area (Å²) in [4.78, 5) is 12.8. The number of ether oxygens (including phenoxy) is 1. The third-order valence-corrected chi connectivity index (χ3v) is 9.33. The highest BCUT2D eigenvalue weighted by Gasteiger charge is 2.27. The van der Waals surface area contributed by atoms with Gasteiger partial charge in [-0.15, -0.1) is 0 Å². The van der Waals surface area contributed by atoms with Crippen LogP contribution in [0.3, 0.4) is 0 Å². The summed E-state index contributed by atoms with van der Waals surface area (Å²) >= 11 is 6.23. The lowest BCUT2D eigenvalue weighted by Crippen LogP contribution is -2.28. The monoisotopic (exact) mass is 563 g/mol. The van der Waals surface area contributed by atoms with Gasteiger partial charge in [-0.3, -0.25) is 9.52 Å². The summed E-state index contributed by atoms with van der Waals surface area (Å²) < 4.78 is 59.6. The number of anilines is 1. The van der Waals surface area contributed by atoms with Gasteiger partial charge in [0.1, 0.15) is 12.4 Å². The summed E-state index contributed by atoms with van der Waals surface area (Å²) in [5.41, 5.74) is 0.407. The van der Waals surface area contributed by atoms with E-state index in [4.69, 9.17) is 16.3 Å². The molecule has 1 heterocycles. The quantitative estimate of drug-likeness (QED) is 0.362. The van der Waals surface area contributed by atoms with E-state index in [9.17, 15) is 21.6 Å².